The van der Waals surface area contributed by atoms with Crippen LogP contribution in [0.25, 0.3) is 42.3 Å². The van der Waals surface area contributed by atoms with Crippen molar-refractivity contribution in [3.63, 3.8) is 0 Å². The van der Waals surface area contributed by atoms with Crippen LogP contribution in [-0.4, -0.2) is 15.9 Å². The Bertz CT molecular complexity index is 1480. The van der Waals surface area contributed by atoms with Gasteiger partial charge in [0.05, 0.1) is 11.3 Å². The molecule has 33 heavy (non-hydrogen) atoms. The number of pyridine rings is 1. The largest absolute Gasteiger partial charge is 0.512 e. The van der Waals surface area contributed by atoms with Gasteiger partial charge in [-0.2, -0.15) is 0 Å². The number of allylic oxidation sites excluding steroid dienone is 2. The Morgan fingerprint density at radius 2 is 1.76 bits per heavy atom. The van der Waals surface area contributed by atoms with Crippen LogP contribution in [0.15, 0.2) is 72.5 Å². The van der Waals surface area contributed by atoms with E-state index in [-0.39, 0.29) is 31.6 Å². The predicted molar refractivity (Wildman–Crippen MR) is 135 cm³/mol. The van der Waals surface area contributed by atoms with Gasteiger partial charge in [0, 0.05) is 41.0 Å². The number of aliphatic hydroxyl groups is 1. The van der Waals surface area contributed by atoms with Gasteiger partial charge in [-0.15, -0.1) is 47.2 Å². The minimum atomic E-state index is -0.125. The summed E-state index contributed by atoms with van der Waals surface area (Å²) in [4.78, 5) is 15.1. The number of thiophene rings is 1. The van der Waals surface area contributed by atoms with Gasteiger partial charge in [0.25, 0.3) is 0 Å². The fourth-order valence-corrected chi connectivity index (χ4v) is 5.31. The number of carbonyl (C=O) groups is 1. The van der Waals surface area contributed by atoms with E-state index in [0.717, 1.165) is 16.8 Å². The third-order valence-electron chi connectivity index (χ3n) is 5.13. The average molecular weight is 631 g/mol. The third kappa shape index (κ3) is 5.22. The second-order valence-corrected chi connectivity index (χ2v) is 8.96. The molecule has 2 aromatic heterocycles. The van der Waals surface area contributed by atoms with Gasteiger partial charge in [-0.1, -0.05) is 24.3 Å². The Morgan fingerprint density at radius 3 is 2.39 bits per heavy atom. The van der Waals surface area contributed by atoms with Crippen molar-refractivity contribution in [1.29, 1.82) is 0 Å². The molecule has 2 heterocycles. The van der Waals surface area contributed by atoms with E-state index in [4.69, 9.17) is 10.1 Å². The standard InChI is InChI=1S/C23H16NS.C5H8O2.Ir/c1-14-12-15(2)20-18(13-14)24-22(16-8-4-3-5-9-16)21-17-10-6-7-11-19(17)25-23(20)21;1-4(6)3-5(2)7;/h3-8,10-13H,1-2H3;3,6H,1-2H3;/q-1;;/b;4-3-;. The molecule has 0 aliphatic rings. The molecule has 3 aromatic carbocycles. The Labute approximate surface area is 211 Å². The number of aryl methyl sites for hydroxylation is 2. The minimum Gasteiger partial charge on any atom is -0.512 e. The van der Waals surface area contributed by atoms with Crippen molar-refractivity contribution < 1.29 is 30.0 Å². The number of nitrogens with zero attached hydrogens (tertiary/aromatic N) is 1. The van der Waals surface area contributed by atoms with Crippen molar-refractivity contribution in [2.75, 3.05) is 0 Å². The van der Waals surface area contributed by atoms with Gasteiger partial charge in [-0.25, -0.2) is 0 Å². The van der Waals surface area contributed by atoms with Crippen LogP contribution in [0.2, 0.25) is 0 Å². The maximum absolute atomic E-state index is 10.0. The van der Waals surface area contributed by atoms with Gasteiger partial charge in [-0.05, 0) is 67.4 Å². The van der Waals surface area contributed by atoms with Crippen LogP contribution < -0.4 is 0 Å². The Balaban J connectivity index is 0.000000337. The number of ketones is 1. The van der Waals surface area contributed by atoms with Gasteiger partial charge in [0.1, 0.15) is 0 Å². The van der Waals surface area contributed by atoms with Crippen molar-refractivity contribution in [3.05, 3.63) is 89.7 Å². The van der Waals surface area contributed by atoms with Crippen LogP contribution in [0.3, 0.4) is 0 Å². The molecule has 169 valence electrons. The molecule has 0 saturated heterocycles. The minimum absolute atomic E-state index is 0. The van der Waals surface area contributed by atoms with Crippen molar-refractivity contribution >= 4 is 48.2 Å². The topological polar surface area (TPSA) is 50.2 Å². The molecule has 0 atom stereocenters. The molecule has 0 bridgehead atoms. The molecule has 1 radical (unpaired) electrons. The molecule has 3 nitrogen and oxygen atoms in total. The molecular weight excluding hydrogens is 607 g/mol. The summed E-state index contributed by atoms with van der Waals surface area (Å²) in [5.41, 5.74) is 5.70. The Kier molecular flexibility index (Phi) is 7.80. The van der Waals surface area contributed by atoms with Crippen LogP contribution in [0.1, 0.15) is 25.0 Å². The third-order valence-corrected chi connectivity index (χ3v) is 6.32. The van der Waals surface area contributed by atoms with E-state index < -0.39 is 0 Å². The first-order chi connectivity index (χ1) is 15.3. The van der Waals surface area contributed by atoms with Crippen molar-refractivity contribution in [2.24, 2.45) is 0 Å². The average Bonchev–Trinajstić information content (AvgIpc) is 3.12. The van der Waals surface area contributed by atoms with Crippen LogP contribution >= 0.6 is 11.3 Å². The summed E-state index contributed by atoms with van der Waals surface area (Å²) in [7, 11) is 0. The van der Waals surface area contributed by atoms with Gasteiger partial charge in [-0.3, -0.25) is 9.78 Å². The fourth-order valence-electron chi connectivity index (χ4n) is 3.99. The number of fused-ring (bicyclic) bond motifs is 5. The molecule has 0 spiro atoms. The maximum atomic E-state index is 10.0. The normalized spacial score (nSPS) is 11.2. The summed E-state index contributed by atoms with van der Waals surface area (Å²) in [5, 5.41) is 12.2. The number of rotatable bonds is 2. The Hall–Kier alpha value is -2.85. The molecule has 5 aromatic rings. The van der Waals surface area contributed by atoms with E-state index in [9.17, 15) is 4.79 Å². The van der Waals surface area contributed by atoms with E-state index in [1.807, 2.05) is 23.5 Å². The van der Waals surface area contributed by atoms with Crippen LogP contribution in [0.5, 0.6) is 0 Å². The van der Waals surface area contributed by atoms with E-state index >= 15 is 0 Å². The molecular formula is C28H24IrNO2S-. The molecule has 5 rings (SSSR count). The zero-order chi connectivity index (χ0) is 22.8. The summed E-state index contributed by atoms with van der Waals surface area (Å²) >= 11 is 1.87. The SMILES string of the molecule is CC(=O)/C=C(/C)O.Cc1cc(C)c2c(c1)nc(-c1[c-]cccc1)c1c3ccccc3sc21.[Ir]. The quantitative estimate of drug-likeness (QED) is 0.123. The molecule has 0 unspecified atom stereocenters. The molecule has 0 amide bonds. The first kappa shape index (κ1) is 24.8. The summed E-state index contributed by atoms with van der Waals surface area (Å²) in [6.45, 7) is 7.17. The van der Waals surface area contributed by atoms with Gasteiger partial charge < -0.3 is 5.11 Å². The zero-order valence-electron chi connectivity index (χ0n) is 18.9. The monoisotopic (exact) mass is 631 g/mol. The van der Waals surface area contributed by atoms with Gasteiger partial charge >= 0.3 is 0 Å². The predicted octanol–water partition coefficient (Wildman–Crippen LogP) is 7.72. The number of aromatic nitrogens is 1. The molecule has 0 aliphatic carbocycles. The molecule has 0 saturated carbocycles. The number of carbonyl (C=O) groups excluding carboxylic acids is 1. The summed E-state index contributed by atoms with van der Waals surface area (Å²) in [5.74, 6) is -0.0625. The first-order valence-electron chi connectivity index (χ1n) is 10.4. The number of benzene rings is 3. The van der Waals surface area contributed by atoms with Gasteiger partial charge in [0.2, 0.25) is 0 Å². The summed E-state index contributed by atoms with van der Waals surface area (Å²) in [6, 6.07) is 24.6. The zero-order valence-corrected chi connectivity index (χ0v) is 22.1. The van der Waals surface area contributed by atoms with Crippen LogP contribution in [-0.2, 0) is 24.9 Å². The Morgan fingerprint density at radius 1 is 1.03 bits per heavy atom. The first-order valence-corrected chi connectivity index (χ1v) is 11.2. The molecule has 0 aliphatic heterocycles. The number of aliphatic hydroxyl groups excluding tert-OH is 1. The second-order valence-electron chi connectivity index (χ2n) is 7.91. The fraction of sp³-hybridized carbons (Fsp3) is 0.143. The summed E-state index contributed by atoms with van der Waals surface area (Å²) in [6.07, 6.45) is 1.17. The number of hydrogen-bond acceptors (Lipinski definition) is 4. The van der Waals surface area contributed by atoms with Crippen molar-refractivity contribution in [2.45, 2.75) is 27.7 Å². The van der Waals surface area contributed by atoms with Crippen LogP contribution in [0.4, 0.5) is 0 Å². The van der Waals surface area contributed by atoms with Crippen LogP contribution in [0, 0.1) is 19.9 Å². The van der Waals surface area contributed by atoms with Crippen molar-refractivity contribution in [1.82, 2.24) is 4.98 Å². The van der Waals surface area contributed by atoms with Gasteiger partial charge in [0.15, 0.2) is 5.78 Å². The van der Waals surface area contributed by atoms with E-state index in [1.165, 1.54) is 56.6 Å². The maximum Gasteiger partial charge on any atom is 0.155 e. The molecule has 1 N–H and O–H groups in total. The number of hydrogen-bond donors (Lipinski definition) is 1. The van der Waals surface area contributed by atoms with Crippen molar-refractivity contribution in [3.8, 4) is 11.3 Å². The summed E-state index contributed by atoms with van der Waals surface area (Å²) < 4.78 is 2.64. The second kappa shape index (κ2) is 10.4. The molecule has 5 heteroatoms. The van der Waals surface area contributed by atoms with E-state index in [2.05, 4.69) is 68.4 Å². The smallest absolute Gasteiger partial charge is 0.155 e. The van der Waals surface area contributed by atoms with E-state index in [0.29, 0.717) is 0 Å². The van der Waals surface area contributed by atoms with E-state index in [1.54, 1.807) is 0 Å². The molecule has 0 fully saturated rings.